The van der Waals surface area contributed by atoms with Crippen LogP contribution < -0.4 is 19.6 Å². The van der Waals surface area contributed by atoms with Gasteiger partial charge in [-0.15, -0.1) is 0 Å². The molecule has 0 fully saturated rings. The average molecular weight is 468 g/mol. The van der Waals surface area contributed by atoms with Crippen LogP contribution in [-0.2, 0) is 0 Å². The number of hydrazone groups is 1. The van der Waals surface area contributed by atoms with Gasteiger partial charge in [0.25, 0.3) is 0 Å². The average Bonchev–Trinajstić information content (AvgIpc) is 3.23. The summed E-state index contributed by atoms with van der Waals surface area (Å²) in [6.07, 6.45) is 2.43. The molecule has 0 unspecified atom stereocenters. The Morgan fingerprint density at radius 2 is 1.75 bits per heavy atom. The van der Waals surface area contributed by atoms with Crippen molar-refractivity contribution in [2.24, 2.45) is 5.10 Å². The zero-order valence-electron chi connectivity index (χ0n) is 17.5. The molecule has 0 saturated carbocycles. The number of methoxy groups -OCH3 is 1. The Morgan fingerprint density at radius 1 is 0.969 bits per heavy atom. The van der Waals surface area contributed by atoms with Gasteiger partial charge in [-0.1, -0.05) is 47.2 Å². The van der Waals surface area contributed by atoms with E-state index in [0.29, 0.717) is 41.9 Å². The lowest BCUT2D eigenvalue weighted by Gasteiger charge is -2.12. The second-order valence-corrected chi connectivity index (χ2v) is 8.19. The zero-order valence-corrected chi connectivity index (χ0v) is 19.0. The molecule has 0 saturated heterocycles. The first kappa shape index (κ1) is 21.9. The third-order valence-corrected chi connectivity index (χ3v) is 5.75. The van der Waals surface area contributed by atoms with Gasteiger partial charge < -0.3 is 14.2 Å². The summed E-state index contributed by atoms with van der Waals surface area (Å²) in [5.41, 5.74) is 4.82. The number of thiazole rings is 1. The zero-order chi connectivity index (χ0) is 22.2. The van der Waals surface area contributed by atoms with Crippen LogP contribution in [-0.4, -0.2) is 31.5 Å². The number of nitrogens with one attached hydrogen (secondary N) is 1. The van der Waals surface area contributed by atoms with Crippen LogP contribution in [0.5, 0.6) is 17.2 Å². The Morgan fingerprint density at radius 3 is 2.56 bits per heavy atom. The van der Waals surface area contributed by atoms with Crippen molar-refractivity contribution in [3.05, 3.63) is 77.3 Å². The number of anilines is 1. The number of benzene rings is 3. The van der Waals surface area contributed by atoms with E-state index >= 15 is 0 Å². The van der Waals surface area contributed by atoms with Gasteiger partial charge in [0, 0.05) is 6.42 Å². The van der Waals surface area contributed by atoms with Crippen LogP contribution in [0.1, 0.15) is 12.0 Å². The van der Waals surface area contributed by atoms with E-state index in [2.05, 4.69) is 15.5 Å². The summed E-state index contributed by atoms with van der Waals surface area (Å²) in [6, 6.07) is 21.1. The third-order valence-electron chi connectivity index (χ3n) is 4.50. The summed E-state index contributed by atoms with van der Waals surface area (Å²) in [7, 11) is 1.61. The van der Waals surface area contributed by atoms with E-state index < -0.39 is 0 Å². The number of rotatable bonds is 10. The number of nitrogens with zero attached hydrogens (tertiary/aromatic N) is 2. The first-order valence-corrected chi connectivity index (χ1v) is 11.3. The molecule has 0 atom stereocenters. The van der Waals surface area contributed by atoms with E-state index in [1.807, 2.05) is 60.7 Å². The van der Waals surface area contributed by atoms with Crippen molar-refractivity contribution in [1.82, 2.24) is 4.98 Å². The molecule has 0 aliphatic heterocycles. The fourth-order valence-electron chi connectivity index (χ4n) is 2.95. The van der Waals surface area contributed by atoms with Gasteiger partial charge in [0.05, 0.1) is 41.8 Å². The van der Waals surface area contributed by atoms with Gasteiger partial charge in [0.15, 0.2) is 11.5 Å². The van der Waals surface area contributed by atoms with E-state index in [4.69, 9.17) is 25.8 Å². The molecule has 3 aromatic carbocycles. The minimum Gasteiger partial charge on any atom is -0.493 e. The van der Waals surface area contributed by atoms with Crippen LogP contribution in [0.3, 0.4) is 0 Å². The topological polar surface area (TPSA) is 65.0 Å². The second kappa shape index (κ2) is 10.8. The van der Waals surface area contributed by atoms with E-state index in [9.17, 15) is 0 Å². The standard InChI is InChI=1S/C24H22ClN3O3S/c1-29-22-15-17(16-26-28-24-27-19-8-3-5-10-23(19)32-24)11-12-21(22)31-14-6-13-30-20-9-4-2-7-18(20)25/h2-5,7-12,15-16H,6,13-14H2,1H3,(H,27,28)/b26-16+. The van der Waals surface area contributed by atoms with Gasteiger partial charge in [0.2, 0.25) is 5.13 Å². The summed E-state index contributed by atoms with van der Waals surface area (Å²) in [5, 5.41) is 5.63. The molecular formula is C24H22ClN3O3S. The molecule has 0 spiro atoms. The van der Waals surface area contributed by atoms with Crippen LogP contribution in [0.2, 0.25) is 5.02 Å². The minimum atomic E-state index is 0.493. The Balaban J connectivity index is 1.28. The van der Waals surface area contributed by atoms with Crippen LogP contribution in [0.4, 0.5) is 5.13 Å². The number of aromatic nitrogens is 1. The maximum atomic E-state index is 6.09. The molecule has 4 rings (SSSR count). The molecule has 0 radical (unpaired) electrons. The summed E-state index contributed by atoms with van der Waals surface area (Å²) in [5.74, 6) is 1.98. The quantitative estimate of drug-likeness (QED) is 0.169. The SMILES string of the molecule is COc1cc(/C=N/Nc2nc3ccccc3s2)ccc1OCCCOc1ccccc1Cl. The largest absolute Gasteiger partial charge is 0.493 e. The van der Waals surface area contributed by atoms with Crippen molar-refractivity contribution in [1.29, 1.82) is 0 Å². The van der Waals surface area contributed by atoms with Crippen molar-refractivity contribution in [3.63, 3.8) is 0 Å². The van der Waals surface area contributed by atoms with Crippen molar-refractivity contribution in [3.8, 4) is 17.2 Å². The predicted octanol–water partition coefficient (Wildman–Crippen LogP) is 6.25. The highest BCUT2D eigenvalue weighted by Crippen LogP contribution is 2.28. The first-order chi connectivity index (χ1) is 15.7. The Kier molecular flexibility index (Phi) is 7.42. The van der Waals surface area contributed by atoms with E-state index in [1.54, 1.807) is 30.7 Å². The molecule has 0 amide bonds. The Hall–Kier alpha value is -3.29. The van der Waals surface area contributed by atoms with Gasteiger partial charge in [-0.2, -0.15) is 5.10 Å². The lowest BCUT2D eigenvalue weighted by atomic mass is 10.2. The van der Waals surface area contributed by atoms with Gasteiger partial charge in [-0.3, -0.25) is 5.43 Å². The minimum absolute atomic E-state index is 0.493. The number of para-hydroxylation sites is 2. The van der Waals surface area contributed by atoms with E-state index in [0.717, 1.165) is 20.9 Å². The molecule has 0 aliphatic carbocycles. The van der Waals surface area contributed by atoms with Crippen LogP contribution >= 0.6 is 22.9 Å². The number of ether oxygens (including phenoxy) is 3. The second-order valence-electron chi connectivity index (χ2n) is 6.75. The van der Waals surface area contributed by atoms with Crippen molar-refractivity contribution >= 4 is 44.5 Å². The number of halogens is 1. The molecule has 8 heteroatoms. The Bertz CT molecular complexity index is 1180. The lowest BCUT2D eigenvalue weighted by molar-refractivity contribution is 0.240. The van der Waals surface area contributed by atoms with E-state index in [-0.39, 0.29) is 0 Å². The first-order valence-electron chi connectivity index (χ1n) is 10.1. The third kappa shape index (κ3) is 5.69. The molecule has 0 bridgehead atoms. The predicted molar refractivity (Wildman–Crippen MR) is 131 cm³/mol. The van der Waals surface area contributed by atoms with Crippen molar-refractivity contribution < 1.29 is 14.2 Å². The fraction of sp³-hybridized carbons (Fsp3) is 0.167. The maximum Gasteiger partial charge on any atom is 0.204 e. The summed E-state index contributed by atoms with van der Waals surface area (Å²) >= 11 is 7.64. The molecular weight excluding hydrogens is 446 g/mol. The Labute approximate surface area is 195 Å². The molecule has 32 heavy (non-hydrogen) atoms. The monoisotopic (exact) mass is 467 g/mol. The molecule has 6 nitrogen and oxygen atoms in total. The summed E-state index contributed by atoms with van der Waals surface area (Å²) < 4.78 is 18.1. The summed E-state index contributed by atoms with van der Waals surface area (Å²) in [4.78, 5) is 4.50. The smallest absolute Gasteiger partial charge is 0.204 e. The molecule has 1 N–H and O–H groups in total. The summed E-state index contributed by atoms with van der Waals surface area (Å²) in [6.45, 7) is 1.00. The van der Waals surface area contributed by atoms with Gasteiger partial charge in [-0.25, -0.2) is 4.98 Å². The lowest BCUT2D eigenvalue weighted by Crippen LogP contribution is -2.06. The van der Waals surface area contributed by atoms with Crippen molar-refractivity contribution in [2.75, 3.05) is 25.7 Å². The molecule has 1 aromatic heterocycles. The van der Waals surface area contributed by atoms with E-state index in [1.165, 1.54) is 0 Å². The highest BCUT2D eigenvalue weighted by Gasteiger charge is 2.06. The highest BCUT2D eigenvalue weighted by atomic mass is 35.5. The molecule has 1 heterocycles. The molecule has 164 valence electrons. The van der Waals surface area contributed by atoms with Crippen LogP contribution in [0, 0.1) is 0 Å². The van der Waals surface area contributed by atoms with Gasteiger partial charge >= 0.3 is 0 Å². The van der Waals surface area contributed by atoms with Crippen LogP contribution in [0.25, 0.3) is 10.2 Å². The van der Waals surface area contributed by atoms with Gasteiger partial charge in [0.1, 0.15) is 5.75 Å². The highest BCUT2D eigenvalue weighted by molar-refractivity contribution is 7.22. The van der Waals surface area contributed by atoms with Crippen molar-refractivity contribution in [2.45, 2.75) is 6.42 Å². The normalized spacial score (nSPS) is 11.1. The molecule has 0 aliphatic rings. The fourth-order valence-corrected chi connectivity index (χ4v) is 3.96. The van der Waals surface area contributed by atoms with Crippen LogP contribution in [0.15, 0.2) is 71.8 Å². The van der Waals surface area contributed by atoms with Gasteiger partial charge in [-0.05, 0) is 48.0 Å². The maximum absolute atomic E-state index is 6.09. The number of hydrogen-bond donors (Lipinski definition) is 1. The number of fused-ring (bicyclic) bond motifs is 1. The molecule has 4 aromatic rings. The number of hydrogen-bond acceptors (Lipinski definition) is 7.